The van der Waals surface area contributed by atoms with Crippen LogP contribution in [0.15, 0.2) is 50.6 Å². The zero-order chi connectivity index (χ0) is 17.8. The minimum Gasteiger partial charge on any atom is -0.300 e. The molecule has 4 nitrogen and oxygen atoms in total. The van der Waals surface area contributed by atoms with E-state index in [0.717, 1.165) is 65.4 Å². The lowest BCUT2D eigenvalue weighted by atomic mass is 10.2. The number of rotatable bonds is 13. The Morgan fingerprint density at radius 1 is 0.833 bits per heavy atom. The van der Waals surface area contributed by atoms with Crippen molar-refractivity contribution >= 4 is 0 Å². The van der Waals surface area contributed by atoms with Crippen LogP contribution in [0.1, 0.15) is 6.92 Å². The van der Waals surface area contributed by atoms with E-state index in [9.17, 15) is 0 Å². The van der Waals surface area contributed by atoms with Gasteiger partial charge in [0.2, 0.25) is 0 Å². The average Bonchev–Trinajstić information content (AvgIpc) is 2.60. The van der Waals surface area contributed by atoms with Crippen LogP contribution in [-0.4, -0.2) is 91.2 Å². The van der Waals surface area contributed by atoms with Gasteiger partial charge in [-0.2, -0.15) is 0 Å². The Labute approximate surface area is 149 Å². The maximum atomic E-state index is 3.87. The van der Waals surface area contributed by atoms with Crippen molar-refractivity contribution in [2.24, 2.45) is 0 Å². The van der Waals surface area contributed by atoms with Gasteiger partial charge in [0.25, 0.3) is 0 Å². The Bertz CT molecular complexity index is 365. The highest BCUT2D eigenvalue weighted by Gasteiger charge is 2.24. The molecule has 0 aromatic carbocycles. The van der Waals surface area contributed by atoms with E-state index >= 15 is 0 Å². The summed E-state index contributed by atoms with van der Waals surface area (Å²) in [6.45, 7) is 28.1. The zero-order valence-electron chi connectivity index (χ0n) is 15.6. The second-order valence-electron chi connectivity index (χ2n) is 6.38. The first-order valence-corrected chi connectivity index (χ1v) is 9.02. The molecule has 1 rings (SSSR count). The number of hydrogen-bond acceptors (Lipinski definition) is 4. The molecular weight excluding hydrogens is 296 g/mol. The van der Waals surface area contributed by atoms with E-state index in [4.69, 9.17) is 0 Å². The van der Waals surface area contributed by atoms with Gasteiger partial charge in [0.1, 0.15) is 0 Å². The molecule has 0 saturated carbocycles. The Morgan fingerprint density at radius 2 is 1.33 bits per heavy atom. The molecule has 0 N–H and O–H groups in total. The van der Waals surface area contributed by atoms with Crippen LogP contribution < -0.4 is 0 Å². The molecule has 1 fully saturated rings. The van der Waals surface area contributed by atoms with E-state index in [-0.39, 0.29) is 0 Å². The Balaban J connectivity index is 2.39. The molecular formula is C20H36N4. The fraction of sp³-hybridized carbons (Fsp3) is 0.600. The minimum atomic E-state index is 0.432. The van der Waals surface area contributed by atoms with Gasteiger partial charge in [-0.15, -0.1) is 26.3 Å². The van der Waals surface area contributed by atoms with Crippen molar-refractivity contribution in [3.63, 3.8) is 0 Å². The molecule has 4 heteroatoms. The molecule has 0 amide bonds. The van der Waals surface area contributed by atoms with E-state index < -0.39 is 0 Å². The average molecular weight is 333 g/mol. The Kier molecular flexibility index (Phi) is 10.6. The SMILES string of the molecule is C=CCN(CC=C)CCN1CCN(C(C)N(CC=C)CC=C)CC1. The molecule has 1 aliphatic heterocycles. The van der Waals surface area contributed by atoms with Gasteiger partial charge in [-0.1, -0.05) is 24.3 Å². The van der Waals surface area contributed by atoms with Gasteiger partial charge in [0, 0.05) is 65.4 Å². The summed E-state index contributed by atoms with van der Waals surface area (Å²) >= 11 is 0. The molecule has 1 unspecified atom stereocenters. The first kappa shape index (κ1) is 20.8. The zero-order valence-corrected chi connectivity index (χ0v) is 15.6. The van der Waals surface area contributed by atoms with Crippen LogP contribution in [0.5, 0.6) is 0 Å². The molecule has 0 aromatic heterocycles. The summed E-state index contributed by atoms with van der Waals surface area (Å²) in [5.74, 6) is 0. The lowest BCUT2D eigenvalue weighted by Gasteiger charge is -2.42. The highest BCUT2D eigenvalue weighted by atomic mass is 15.4. The van der Waals surface area contributed by atoms with Crippen molar-refractivity contribution in [1.82, 2.24) is 19.6 Å². The fourth-order valence-electron chi connectivity index (χ4n) is 3.21. The third-order valence-electron chi connectivity index (χ3n) is 4.70. The molecule has 1 heterocycles. The molecule has 0 aromatic rings. The molecule has 1 saturated heterocycles. The Hall–Kier alpha value is -1.20. The van der Waals surface area contributed by atoms with E-state index in [2.05, 4.69) is 52.8 Å². The maximum absolute atomic E-state index is 3.87. The van der Waals surface area contributed by atoms with Crippen molar-refractivity contribution in [2.75, 3.05) is 65.4 Å². The van der Waals surface area contributed by atoms with Crippen LogP contribution in [0, 0.1) is 0 Å². The maximum Gasteiger partial charge on any atom is 0.0600 e. The first-order chi connectivity index (χ1) is 11.7. The topological polar surface area (TPSA) is 13.0 Å². The number of piperazine rings is 1. The van der Waals surface area contributed by atoms with E-state index in [0.29, 0.717) is 6.17 Å². The predicted octanol–water partition coefficient (Wildman–Crippen LogP) is 2.30. The molecule has 24 heavy (non-hydrogen) atoms. The van der Waals surface area contributed by atoms with Gasteiger partial charge in [0.05, 0.1) is 6.17 Å². The van der Waals surface area contributed by atoms with Crippen LogP contribution in [0.3, 0.4) is 0 Å². The summed E-state index contributed by atoms with van der Waals surface area (Å²) in [4.78, 5) is 9.92. The molecule has 0 aliphatic carbocycles. The monoisotopic (exact) mass is 332 g/mol. The lowest BCUT2D eigenvalue weighted by Crippen LogP contribution is -2.55. The van der Waals surface area contributed by atoms with E-state index in [1.807, 2.05) is 24.3 Å². The predicted molar refractivity (Wildman–Crippen MR) is 106 cm³/mol. The lowest BCUT2D eigenvalue weighted by molar-refractivity contribution is 0.0266. The molecule has 0 radical (unpaired) electrons. The number of hydrogen-bond donors (Lipinski definition) is 0. The quantitative estimate of drug-likeness (QED) is 0.480. The van der Waals surface area contributed by atoms with Gasteiger partial charge in [0.15, 0.2) is 0 Å². The Morgan fingerprint density at radius 3 is 1.79 bits per heavy atom. The van der Waals surface area contributed by atoms with Crippen molar-refractivity contribution < 1.29 is 0 Å². The van der Waals surface area contributed by atoms with Crippen molar-refractivity contribution in [3.8, 4) is 0 Å². The first-order valence-electron chi connectivity index (χ1n) is 9.02. The normalized spacial score (nSPS) is 17.8. The van der Waals surface area contributed by atoms with Crippen molar-refractivity contribution in [3.05, 3.63) is 50.6 Å². The molecule has 136 valence electrons. The largest absolute Gasteiger partial charge is 0.300 e. The van der Waals surface area contributed by atoms with Crippen molar-refractivity contribution in [1.29, 1.82) is 0 Å². The molecule has 0 bridgehead atoms. The van der Waals surface area contributed by atoms with Gasteiger partial charge < -0.3 is 0 Å². The third kappa shape index (κ3) is 7.14. The standard InChI is InChI=1S/C20H36N4/c1-6-10-21(11-7-2)14-15-22-16-18-24(19-17-22)20(5)23(12-8-3)13-9-4/h6-9,20H,1-4,10-19H2,5H3. The van der Waals surface area contributed by atoms with Crippen LogP contribution in [0.2, 0.25) is 0 Å². The minimum absolute atomic E-state index is 0.432. The summed E-state index contributed by atoms with van der Waals surface area (Å²) in [5.41, 5.74) is 0. The van der Waals surface area contributed by atoms with Gasteiger partial charge in [-0.25, -0.2) is 0 Å². The summed E-state index contributed by atoms with van der Waals surface area (Å²) in [6.07, 6.45) is 8.32. The molecule has 1 atom stereocenters. The van der Waals surface area contributed by atoms with E-state index in [1.165, 1.54) is 0 Å². The van der Waals surface area contributed by atoms with Crippen LogP contribution in [-0.2, 0) is 0 Å². The van der Waals surface area contributed by atoms with Crippen LogP contribution in [0.25, 0.3) is 0 Å². The summed E-state index contributed by atoms with van der Waals surface area (Å²) in [5, 5.41) is 0. The molecule has 1 aliphatic rings. The van der Waals surface area contributed by atoms with Gasteiger partial charge in [-0.3, -0.25) is 19.6 Å². The fourth-order valence-corrected chi connectivity index (χ4v) is 3.21. The summed E-state index contributed by atoms with van der Waals surface area (Å²) in [7, 11) is 0. The second-order valence-corrected chi connectivity index (χ2v) is 6.38. The third-order valence-corrected chi connectivity index (χ3v) is 4.70. The van der Waals surface area contributed by atoms with Crippen LogP contribution in [0.4, 0.5) is 0 Å². The smallest absolute Gasteiger partial charge is 0.0600 e. The van der Waals surface area contributed by atoms with Crippen molar-refractivity contribution in [2.45, 2.75) is 13.1 Å². The van der Waals surface area contributed by atoms with E-state index in [1.54, 1.807) is 0 Å². The van der Waals surface area contributed by atoms with Gasteiger partial charge in [-0.05, 0) is 6.92 Å². The second kappa shape index (κ2) is 12.2. The number of nitrogens with zero attached hydrogens (tertiary/aromatic N) is 4. The molecule has 0 spiro atoms. The summed E-state index contributed by atoms with van der Waals surface area (Å²) < 4.78 is 0. The van der Waals surface area contributed by atoms with Crippen LogP contribution >= 0.6 is 0 Å². The highest BCUT2D eigenvalue weighted by Crippen LogP contribution is 2.10. The van der Waals surface area contributed by atoms with Gasteiger partial charge >= 0.3 is 0 Å². The highest BCUT2D eigenvalue weighted by molar-refractivity contribution is 4.86. The summed E-state index contributed by atoms with van der Waals surface area (Å²) in [6, 6.07) is 0.